The van der Waals surface area contributed by atoms with Gasteiger partial charge >= 0.3 is 0 Å². The number of fused-ring (bicyclic) bond motifs is 1. The Balaban J connectivity index is 1.49. The molecule has 1 saturated heterocycles. The van der Waals surface area contributed by atoms with Crippen LogP contribution in [0.5, 0.6) is 0 Å². The number of H-pyrrole nitrogens is 1. The van der Waals surface area contributed by atoms with Crippen LogP contribution < -0.4 is 9.44 Å². The van der Waals surface area contributed by atoms with E-state index in [1.807, 2.05) is 35.1 Å². The third kappa shape index (κ3) is 4.77. The molecule has 2 heterocycles. The predicted octanol–water partition coefficient (Wildman–Crippen LogP) is 3.02. The average Bonchev–Trinajstić information content (AvgIpc) is 3.38. The number of imidazole rings is 1. The number of nitrogens with one attached hydrogen (secondary N) is 3. The molecule has 1 amide bonds. The van der Waals surface area contributed by atoms with Crippen molar-refractivity contribution in [2.75, 3.05) is 0 Å². The van der Waals surface area contributed by atoms with E-state index in [0.29, 0.717) is 22.5 Å². The zero-order valence-corrected chi connectivity index (χ0v) is 20.9. The number of aromatic amines is 1. The second-order valence-electron chi connectivity index (χ2n) is 8.78. The van der Waals surface area contributed by atoms with Crippen LogP contribution in [-0.4, -0.2) is 32.7 Å². The minimum atomic E-state index is -3.85. The fourth-order valence-corrected chi connectivity index (χ4v) is 7.21. The number of carbonyl (C=O) groups excluding carboxylic acids is 1. The molecule has 0 aliphatic carbocycles. The topological polar surface area (TPSA) is 138 Å². The van der Waals surface area contributed by atoms with Crippen molar-refractivity contribution in [1.82, 2.24) is 19.4 Å². The predicted molar refractivity (Wildman–Crippen MR) is 135 cm³/mol. The fraction of sp³-hybridized carbons (Fsp3) is 0.200. The van der Waals surface area contributed by atoms with Gasteiger partial charge in [-0.15, -0.1) is 0 Å². The Morgan fingerprint density at radius 3 is 2.44 bits per heavy atom. The van der Waals surface area contributed by atoms with Gasteiger partial charge in [-0.2, -0.15) is 0 Å². The standard InChI is InChI=1S/C25H24N4O5S2/c1-16-13-17(11-12-19(16)23-15-24(30)29-36(23,33)34)14-22(25-26-20-9-5-6-10-21(20)27-25)28-35(31,32)18-7-3-2-4-8-18/h2-13,22-23,28H,14-15H2,1H3,(H,26,27)(H,29,30)/t22-,23+/m0/s1. The number of amides is 1. The number of hydrogen-bond donors (Lipinski definition) is 3. The van der Waals surface area contributed by atoms with Gasteiger partial charge in [-0.25, -0.2) is 26.5 Å². The molecule has 186 valence electrons. The minimum Gasteiger partial charge on any atom is -0.341 e. The van der Waals surface area contributed by atoms with Crippen LogP contribution in [0.1, 0.15) is 40.2 Å². The maximum Gasteiger partial charge on any atom is 0.242 e. The highest BCUT2D eigenvalue weighted by molar-refractivity contribution is 7.90. The Morgan fingerprint density at radius 2 is 1.78 bits per heavy atom. The van der Waals surface area contributed by atoms with E-state index in [9.17, 15) is 21.6 Å². The molecule has 36 heavy (non-hydrogen) atoms. The monoisotopic (exact) mass is 524 g/mol. The van der Waals surface area contributed by atoms with Gasteiger partial charge in [0.25, 0.3) is 0 Å². The molecular formula is C25H24N4O5S2. The van der Waals surface area contributed by atoms with Crippen LogP contribution in [0.25, 0.3) is 11.0 Å². The number of hydrogen-bond acceptors (Lipinski definition) is 6. The molecule has 0 unspecified atom stereocenters. The quantitative estimate of drug-likeness (QED) is 0.340. The van der Waals surface area contributed by atoms with Crippen LogP contribution in [0.4, 0.5) is 0 Å². The van der Waals surface area contributed by atoms with Crippen molar-refractivity contribution in [2.45, 2.75) is 36.0 Å². The van der Waals surface area contributed by atoms with E-state index in [2.05, 4.69) is 14.7 Å². The molecule has 3 N–H and O–H groups in total. The Bertz CT molecular complexity index is 1630. The Morgan fingerprint density at radius 1 is 1.06 bits per heavy atom. The van der Waals surface area contributed by atoms with Crippen LogP contribution in [-0.2, 0) is 31.3 Å². The molecule has 9 nitrogen and oxygen atoms in total. The fourth-order valence-electron chi connectivity index (χ4n) is 4.48. The summed E-state index contributed by atoms with van der Waals surface area (Å²) in [5, 5.41) is -0.943. The molecular weight excluding hydrogens is 500 g/mol. The number of benzene rings is 3. The molecule has 1 aliphatic heterocycles. The number of carbonyl (C=O) groups is 1. The normalized spacial score (nSPS) is 18.2. The van der Waals surface area contributed by atoms with E-state index >= 15 is 0 Å². The second-order valence-corrected chi connectivity index (χ2v) is 12.4. The highest BCUT2D eigenvalue weighted by atomic mass is 32.2. The smallest absolute Gasteiger partial charge is 0.242 e. The number of aryl methyl sites for hydroxylation is 1. The van der Waals surface area contributed by atoms with Gasteiger partial charge in [-0.05, 0) is 54.3 Å². The van der Waals surface area contributed by atoms with Crippen molar-refractivity contribution < 1.29 is 21.6 Å². The van der Waals surface area contributed by atoms with Crippen LogP contribution in [0.15, 0.2) is 77.7 Å². The van der Waals surface area contributed by atoms with Crippen molar-refractivity contribution in [3.05, 3.63) is 95.3 Å². The first-order chi connectivity index (χ1) is 17.1. The summed E-state index contributed by atoms with van der Waals surface area (Å²) in [4.78, 5) is 19.6. The van der Waals surface area contributed by atoms with Crippen molar-refractivity contribution in [1.29, 1.82) is 0 Å². The van der Waals surface area contributed by atoms with E-state index < -0.39 is 37.2 Å². The third-order valence-electron chi connectivity index (χ3n) is 6.21. The van der Waals surface area contributed by atoms with E-state index in [0.717, 1.165) is 11.1 Å². The number of para-hydroxylation sites is 2. The molecule has 3 aromatic carbocycles. The maximum atomic E-state index is 13.2. The lowest BCUT2D eigenvalue weighted by Crippen LogP contribution is -2.31. The van der Waals surface area contributed by atoms with Gasteiger partial charge in [-0.3, -0.25) is 9.52 Å². The van der Waals surface area contributed by atoms with Crippen molar-refractivity contribution in [3.8, 4) is 0 Å². The van der Waals surface area contributed by atoms with E-state index in [1.54, 1.807) is 37.3 Å². The molecule has 0 radical (unpaired) electrons. The summed E-state index contributed by atoms with van der Waals surface area (Å²) in [5.74, 6) is -0.0608. The van der Waals surface area contributed by atoms with E-state index in [-0.39, 0.29) is 17.7 Å². The van der Waals surface area contributed by atoms with Gasteiger partial charge in [-0.1, -0.05) is 48.5 Å². The van der Waals surface area contributed by atoms with Gasteiger partial charge < -0.3 is 4.98 Å². The van der Waals surface area contributed by atoms with Gasteiger partial charge in [0.15, 0.2) is 0 Å². The first-order valence-corrected chi connectivity index (χ1v) is 14.3. The van der Waals surface area contributed by atoms with Gasteiger partial charge in [0.05, 0.1) is 28.4 Å². The Kier molecular flexibility index (Phi) is 6.15. The molecule has 0 bridgehead atoms. The van der Waals surface area contributed by atoms with Crippen LogP contribution >= 0.6 is 0 Å². The SMILES string of the molecule is Cc1cc(C[C@H](NS(=O)(=O)c2ccccc2)c2nc3ccccc3[nH]2)ccc1[C@H]1CC(=O)NS1(=O)=O. The van der Waals surface area contributed by atoms with E-state index in [4.69, 9.17) is 0 Å². The Labute approximate surface area is 209 Å². The summed E-state index contributed by atoms with van der Waals surface area (Å²) in [6, 6.07) is 20.1. The number of nitrogens with zero attached hydrogens (tertiary/aromatic N) is 1. The molecule has 4 aromatic rings. The molecule has 0 saturated carbocycles. The van der Waals surface area contributed by atoms with Crippen molar-refractivity contribution in [3.63, 3.8) is 0 Å². The lowest BCUT2D eigenvalue weighted by atomic mass is 9.97. The summed E-state index contributed by atoms with van der Waals surface area (Å²) in [5.41, 5.74) is 3.53. The summed E-state index contributed by atoms with van der Waals surface area (Å²) >= 11 is 0. The molecule has 0 spiro atoms. The zero-order valence-electron chi connectivity index (χ0n) is 19.3. The molecule has 5 rings (SSSR count). The molecule has 1 fully saturated rings. The first kappa shape index (κ1) is 24.2. The summed E-state index contributed by atoms with van der Waals surface area (Å²) < 4.78 is 55.8. The molecule has 2 atom stereocenters. The lowest BCUT2D eigenvalue weighted by molar-refractivity contribution is -0.118. The number of aromatic nitrogens is 2. The van der Waals surface area contributed by atoms with Gasteiger partial charge in [0, 0.05) is 0 Å². The first-order valence-electron chi connectivity index (χ1n) is 11.3. The number of sulfonamides is 2. The minimum absolute atomic E-state index is 0.124. The van der Waals surface area contributed by atoms with E-state index in [1.165, 1.54) is 12.1 Å². The van der Waals surface area contributed by atoms with Crippen LogP contribution in [0.2, 0.25) is 0 Å². The molecule has 1 aromatic heterocycles. The maximum absolute atomic E-state index is 13.2. The van der Waals surface area contributed by atoms with Crippen molar-refractivity contribution >= 4 is 37.0 Å². The summed E-state index contributed by atoms with van der Waals surface area (Å²) in [6.07, 6.45) is 0.141. The summed E-state index contributed by atoms with van der Waals surface area (Å²) in [6.45, 7) is 1.78. The molecule has 1 aliphatic rings. The third-order valence-corrected chi connectivity index (χ3v) is 9.38. The highest BCUT2D eigenvalue weighted by Gasteiger charge is 2.38. The zero-order chi connectivity index (χ0) is 25.5. The van der Waals surface area contributed by atoms with Gasteiger partial charge in [0.1, 0.15) is 11.1 Å². The second kappa shape index (κ2) is 9.16. The largest absolute Gasteiger partial charge is 0.341 e. The summed E-state index contributed by atoms with van der Waals surface area (Å²) in [7, 11) is -7.62. The van der Waals surface area contributed by atoms with Crippen molar-refractivity contribution in [2.24, 2.45) is 0 Å². The van der Waals surface area contributed by atoms with Gasteiger partial charge in [0.2, 0.25) is 26.0 Å². The Hall–Kier alpha value is -3.54. The number of rotatable bonds is 7. The average molecular weight is 525 g/mol. The lowest BCUT2D eigenvalue weighted by Gasteiger charge is -2.19. The highest BCUT2D eigenvalue weighted by Crippen LogP contribution is 2.33. The van der Waals surface area contributed by atoms with Crippen LogP contribution in [0, 0.1) is 6.92 Å². The molecule has 11 heteroatoms. The van der Waals surface area contributed by atoms with Crippen LogP contribution in [0.3, 0.4) is 0 Å².